The molecule has 1 amide bonds. The van der Waals surface area contributed by atoms with Crippen LogP contribution in [-0.2, 0) is 20.9 Å². The zero-order valence-corrected chi connectivity index (χ0v) is 13.8. The monoisotopic (exact) mass is 331 g/mol. The third kappa shape index (κ3) is 5.85. The van der Waals surface area contributed by atoms with Gasteiger partial charge in [0, 0.05) is 19.2 Å². The zero-order valence-electron chi connectivity index (χ0n) is 13.8. The predicted molar refractivity (Wildman–Crippen MR) is 88.2 cm³/mol. The predicted octanol–water partition coefficient (Wildman–Crippen LogP) is 1.99. The van der Waals surface area contributed by atoms with Gasteiger partial charge in [-0.2, -0.15) is 0 Å². The first-order valence-electron chi connectivity index (χ1n) is 7.63. The summed E-state index contributed by atoms with van der Waals surface area (Å²) in [6.45, 7) is 2.87. The number of ether oxygens (including phenoxy) is 1. The van der Waals surface area contributed by atoms with Crippen LogP contribution in [-0.4, -0.2) is 42.1 Å². The van der Waals surface area contributed by atoms with E-state index < -0.39 is 0 Å². The molecule has 1 N–H and O–H groups in total. The molecule has 24 heavy (non-hydrogen) atoms. The van der Waals surface area contributed by atoms with Gasteiger partial charge in [-0.25, -0.2) is 0 Å². The maximum atomic E-state index is 12.2. The molecule has 0 saturated heterocycles. The van der Waals surface area contributed by atoms with Gasteiger partial charge in [0.25, 0.3) is 0 Å². The maximum Gasteiger partial charge on any atom is 0.306 e. The molecule has 0 spiro atoms. The lowest BCUT2D eigenvalue weighted by Crippen LogP contribution is -2.34. The van der Waals surface area contributed by atoms with E-state index in [-0.39, 0.29) is 24.8 Å². The van der Waals surface area contributed by atoms with E-state index in [2.05, 4.69) is 15.2 Å². The van der Waals surface area contributed by atoms with E-state index in [1.165, 1.54) is 7.11 Å². The largest absolute Gasteiger partial charge is 0.469 e. The van der Waals surface area contributed by atoms with Gasteiger partial charge in [-0.15, -0.1) is 0 Å². The molecule has 0 bridgehead atoms. The molecule has 7 nitrogen and oxygen atoms in total. The molecule has 0 fully saturated rings. The SMILES string of the molecule is COC(=O)CCN(CC(=O)Nc1cc(C)on1)Cc1ccccc1. The molecule has 0 aliphatic carbocycles. The van der Waals surface area contributed by atoms with Gasteiger partial charge in [-0.3, -0.25) is 14.5 Å². The van der Waals surface area contributed by atoms with E-state index in [9.17, 15) is 9.59 Å². The van der Waals surface area contributed by atoms with Crippen LogP contribution in [0.5, 0.6) is 0 Å². The molecule has 128 valence electrons. The van der Waals surface area contributed by atoms with Crippen LogP contribution < -0.4 is 5.32 Å². The van der Waals surface area contributed by atoms with Crippen LogP contribution in [0.1, 0.15) is 17.7 Å². The molecule has 2 aromatic rings. The van der Waals surface area contributed by atoms with Crippen LogP contribution in [0.4, 0.5) is 5.82 Å². The average Bonchev–Trinajstić information content (AvgIpc) is 2.98. The first-order valence-corrected chi connectivity index (χ1v) is 7.63. The van der Waals surface area contributed by atoms with Gasteiger partial charge in [-0.05, 0) is 12.5 Å². The van der Waals surface area contributed by atoms with E-state index in [4.69, 9.17) is 4.52 Å². The number of amides is 1. The Morgan fingerprint density at radius 3 is 2.67 bits per heavy atom. The third-order valence-corrected chi connectivity index (χ3v) is 3.37. The van der Waals surface area contributed by atoms with Gasteiger partial charge >= 0.3 is 5.97 Å². The summed E-state index contributed by atoms with van der Waals surface area (Å²) in [5, 5.41) is 6.41. The Kier molecular flexibility index (Phi) is 6.51. The number of carbonyl (C=O) groups is 2. The van der Waals surface area contributed by atoms with Gasteiger partial charge < -0.3 is 14.6 Å². The minimum atomic E-state index is -0.305. The van der Waals surface area contributed by atoms with Crippen molar-refractivity contribution in [3.8, 4) is 0 Å². The summed E-state index contributed by atoms with van der Waals surface area (Å²) < 4.78 is 9.59. The molecule has 0 unspecified atom stereocenters. The van der Waals surface area contributed by atoms with Gasteiger partial charge in [0.05, 0.1) is 20.1 Å². The van der Waals surface area contributed by atoms with Crippen molar-refractivity contribution in [1.29, 1.82) is 0 Å². The number of esters is 1. The average molecular weight is 331 g/mol. The lowest BCUT2D eigenvalue weighted by atomic mass is 10.2. The summed E-state index contributed by atoms with van der Waals surface area (Å²) in [5.74, 6) is 0.479. The quantitative estimate of drug-likeness (QED) is 0.745. The highest BCUT2D eigenvalue weighted by Gasteiger charge is 2.14. The number of carbonyl (C=O) groups excluding carboxylic acids is 2. The standard InChI is InChI=1S/C17H21N3O4/c1-13-10-15(19-24-13)18-16(21)12-20(9-8-17(22)23-2)11-14-6-4-3-5-7-14/h3-7,10H,8-9,11-12H2,1-2H3,(H,18,19,21). The van der Waals surface area contributed by atoms with E-state index in [1.807, 2.05) is 35.2 Å². The highest BCUT2D eigenvalue weighted by Crippen LogP contribution is 2.09. The van der Waals surface area contributed by atoms with Crippen molar-refractivity contribution < 1.29 is 18.8 Å². The number of nitrogens with one attached hydrogen (secondary N) is 1. The zero-order chi connectivity index (χ0) is 17.4. The molecule has 0 atom stereocenters. The summed E-state index contributed by atoms with van der Waals surface area (Å²) in [6.07, 6.45) is 0.222. The number of rotatable bonds is 8. The number of methoxy groups -OCH3 is 1. The van der Waals surface area contributed by atoms with Gasteiger partial charge in [-0.1, -0.05) is 35.5 Å². The van der Waals surface area contributed by atoms with Crippen LogP contribution in [0, 0.1) is 6.92 Å². The molecule has 0 radical (unpaired) electrons. The van der Waals surface area contributed by atoms with Crippen molar-refractivity contribution in [2.24, 2.45) is 0 Å². The Hall–Kier alpha value is -2.67. The van der Waals surface area contributed by atoms with E-state index in [0.29, 0.717) is 24.7 Å². The lowest BCUT2D eigenvalue weighted by molar-refractivity contribution is -0.141. The fourth-order valence-corrected chi connectivity index (χ4v) is 2.22. The molecule has 0 aliphatic heterocycles. The molecule has 1 heterocycles. The molecule has 0 aliphatic rings. The number of hydrogen-bond donors (Lipinski definition) is 1. The van der Waals surface area contributed by atoms with Crippen LogP contribution in [0.15, 0.2) is 40.9 Å². The highest BCUT2D eigenvalue weighted by molar-refractivity contribution is 5.91. The summed E-state index contributed by atoms with van der Waals surface area (Å²) in [5.41, 5.74) is 1.06. The van der Waals surface area contributed by atoms with Crippen molar-refractivity contribution in [2.75, 3.05) is 25.5 Å². The minimum Gasteiger partial charge on any atom is -0.469 e. The Morgan fingerprint density at radius 2 is 2.04 bits per heavy atom. The molecule has 0 saturated carbocycles. The summed E-state index contributed by atoms with van der Waals surface area (Å²) >= 11 is 0. The van der Waals surface area contributed by atoms with Crippen LogP contribution in [0.3, 0.4) is 0 Å². The first-order chi connectivity index (χ1) is 11.6. The fourth-order valence-electron chi connectivity index (χ4n) is 2.22. The molecule has 2 rings (SSSR count). The molecular weight excluding hydrogens is 310 g/mol. The maximum absolute atomic E-state index is 12.2. The van der Waals surface area contributed by atoms with E-state index >= 15 is 0 Å². The van der Waals surface area contributed by atoms with Crippen molar-refractivity contribution in [3.63, 3.8) is 0 Å². The normalized spacial score (nSPS) is 10.6. The Balaban J connectivity index is 1.95. The summed E-state index contributed by atoms with van der Waals surface area (Å²) in [6, 6.07) is 11.4. The molecule has 7 heteroatoms. The van der Waals surface area contributed by atoms with Crippen molar-refractivity contribution in [3.05, 3.63) is 47.7 Å². The van der Waals surface area contributed by atoms with Crippen LogP contribution >= 0.6 is 0 Å². The Bertz CT molecular complexity index is 669. The Labute approximate surface area is 140 Å². The second-order valence-corrected chi connectivity index (χ2v) is 5.39. The number of nitrogens with zero attached hydrogens (tertiary/aromatic N) is 2. The minimum absolute atomic E-state index is 0.137. The number of anilines is 1. The van der Waals surface area contributed by atoms with Crippen molar-refractivity contribution in [1.82, 2.24) is 10.1 Å². The highest BCUT2D eigenvalue weighted by atomic mass is 16.5. The first kappa shape index (κ1) is 17.7. The van der Waals surface area contributed by atoms with E-state index in [0.717, 1.165) is 5.56 Å². The molecular formula is C17H21N3O4. The second kappa shape index (κ2) is 8.83. The topological polar surface area (TPSA) is 84.7 Å². The summed E-state index contributed by atoms with van der Waals surface area (Å²) in [4.78, 5) is 25.4. The lowest BCUT2D eigenvalue weighted by Gasteiger charge is -2.21. The molecule has 1 aromatic carbocycles. The molecule has 1 aromatic heterocycles. The third-order valence-electron chi connectivity index (χ3n) is 3.37. The Morgan fingerprint density at radius 1 is 1.29 bits per heavy atom. The smallest absolute Gasteiger partial charge is 0.306 e. The van der Waals surface area contributed by atoms with Crippen molar-refractivity contribution in [2.45, 2.75) is 19.9 Å². The van der Waals surface area contributed by atoms with Gasteiger partial charge in [0.2, 0.25) is 5.91 Å². The van der Waals surface area contributed by atoms with Crippen molar-refractivity contribution >= 4 is 17.7 Å². The number of benzene rings is 1. The number of hydrogen-bond acceptors (Lipinski definition) is 6. The van der Waals surface area contributed by atoms with Crippen LogP contribution in [0.2, 0.25) is 0 Å². The van der Waals surface area contributed by atoms with Gasteiger partial charge in [0.15, 0.2) is 5.82 Å². The second-order valence-electron chi connectivity index (χ2n) is 5.39. The van der Waals surface area contributed by atoms with E-state index in [1.54, 1.807) is 13.0 Å². The fraction of sp³-hybridized carbons (Fsp3) is 0.353. The number of aryl methyl sites for hydroxylation is 1. The number of aromatic nitrogens is 1. The summed E-state index contributed by atoms with van der Waals surface area (Å²) in [7, 11) is 1.35. The van der Waals surface area contributed by atoms with Gasteiger partial charge in [0.1, 0.15) is 5.76 Å². The van der Waals surface area contributed by atoms with Crippen LogP contribution in [0.25, 0.3) is 0 Å².